The van der Waals surface area contributed by atoms with Crippen molar-refractivity contribution in [1.29, 1.82) is 0 Å². The Labute approximate surface area is 140 Å². The number of rotatable bonds is 6. The zero-order chi connectivity index (χ0) is 17.9. The molecule has 24 heavy (non-hydrogen) atoms. The topological polar surface area (TPSA) is 110 Å². The predicted molar refractivity (Wildman–Crippen MR) is 90.7 cm³/mol. The average molecular weight is 350 g/mol. The number of hydrogen-bond acceptors (Lipinski definition) is 5. The fraction of sp³-hybridized carbons (Fsp3) is 0.250. The summed E-state index contributed by atoms with van der Waals surface area (Å²) in [6.07, 6.45) is 0.945. The van der Waals surface area contributed by atoms with Crippen LogP contribution in [0.4, 0.5) is 11.4 Å². The highest BCUT2D eigenvalue weighted by Gasteiger charge is 2.18. The molecule has 0 aromatic heterocycles. The average Bonchev–Trinajstić information content (AvgIpc) is 2.55. The monoisotopic (exact) mass is 350 g/mol. The Kier molecular flexibility index (Phi) is 5.08. The summed E-state index contributed by atoms with van der Waals surface area (Å²) >= 11 is 0. The van der Waals surface area contributed by atoms with Gasteiger partial charge >= 0.3 is 0 Å². The first-order chi connectivity index (χ1) is 11.2. The van der Waals surface area contributed by atoms with E-state index in [1.807, 2.05) is 6.92 Å². The van der Waals surface area contributed by atoms with Gasteiger partial charge in [0.1, 0.15) is 5.75 Å². The van der Waals surface area contributed by atoms with Crippen molar-refractivity contribution in [3.05, 3.63) is 58.1 Å². The normalized spacial score (nSPS) is 12.6. The van der Waals surface area contributed by atoms with Crippen LogP contribution in [0.25, 0.3) is 0 Å². The molecule has 0 aliphatic carbocycles. The molecule has 0 fully saturated rings. The second-order valence-corrected chi connectivity index (χ2v) is 7.12. The Hall–Kier alpha value is -2.61. The summed E-state index contributed by atoms with van der Waals surface area (Å²) in [4.78, 5) is 10.0. The van der Waals surface area contributed by atoms with Crippen molar-refractivity contribution in [1.82, 2.24) is 0 Å². The molecule has 2 aromatic rings. The number of sulfonamides is 1. The zero-order valence-corrected chi connectivity index (χ0v) is 14.1. The smallest absolute Gasteiger partial charge is 0.273 e. The lowest BCUT2D eigenvalue weighted by atomic mass is 9.99. The van der Waals surface area contributed by atoms with Gasteiger partial charge in [0.15, 0.2) is 0 Å². The van der Waals surface area contributed by atoms with E-state index < -0.39 is 20.7 Å². The number of nitro groups is 1. The molecule has 0 radical (unpaired) electrons. The van der Waals surface area contributed by atoms with Gasteiger partial charge in [0.05, 0.1) is 21.6 Å². The fourth-order valence-electron chi connectivity index (χ4n) is 2.13. The van der Waals surface area contributed by atoms with Crippen LogP contribution in [0, 0.1) is 10.1 Å². The van der Waals surface area contributed by atoms with Crippen LogP contribution in [0.3, 0.4) is 0 Å². The third-order valence-electron chi connectivity index (χ3n) is 3.81. The van der Waals surface area contributed by atoms with Gasteiger partial charge in [0, 0.05) is 6.07 Å². The Morgan fingerprint density at radius 1 is 1.21 bits per heavy atom. The minimum Gasteiger partial charge on any atom is -0.505 e. The van der Waals surface area contributed by atoms with E-state index in [1.54, 1.807) is 12.1 Å². The minimum atomic E-state index is -3.90. The Morgan fingerprint density at radius 2 is 1.83 bits per heavy atom. The van der Waals surface area contributed by atoms with Gasteiger partial charge in [-0.05, 0) is 36.1 Å². The first-order valence-corrected chi connectivity index (χ1v) is 8.83. The van der Waals surface area contributed by atoms with Crippen molar-refractivity contribution < 1.29 is 18.4 Å². The molecule has 128 valence electrons. The third-order valence-corrected chi connectivity index (χ3v) is 5.19. The number of phenols is 1. The summed E-state index contributed by atoms with van der Waals surface area (Å²) in [6.45, 7) is 4.10. The number of hydrogen-bond donors (Lipinski definition) is 2. The maximum absolute atomic E-state index is 12.4. The third kappa shape index (κ3) is 3.83. The first kappa shape index (κ1) is 17.7. The SMILES string of the molecule is CCC(C)c1ccc(S(=O)(=O)Nc2ccc([N+](=O)[O-])cc2O)cc1. The summed E-state index contributed by atoms with van der Waals surface area (Å²) in [6, 6.07) is 9.64. The van der Waals surface area contributed by atoms with Gasteiger partial charge in [-0.2, -0.15) is 0 Å². The standard InChI is InChI=1S/C16H18N2O5S/c1-3-11(2)12-4-7-14(8-5-12)24(22,23)17-15-9-6-13(18(20)21)10-16(15)19/h4-11,17,19H,3H2,1-2H3. The lowest BCUT2D eigenvalue weighted by Gasteiger charge is -2.12. The Morgan fingerprint density at radius 3 is 2.33 bits per heavy atom. The number of phenolic OH excluding ortho intramolecular Hbond substituents is 1. The van der Waals surface area contributed by atoms with Crippen LogP contribution in [-0.4, -0.2) is 18.4 Å². The van der Waals surface area contributed by atoms with E-state index >= 15 is 0 Å². The van der Waals surface area contributed by atoms with Crippen LogP contribution in [0.2, 0.25) is 0 Å². The molecule has 0 spiro atoms. The van der Waals surface area contributed by atoms with Crippen molar-refractivity contribution in [3.63, 3.8) is 0 Å². The van der Waals surface area contributed by atoms with Gasteiger partial charge in [-0.15, -0.1) is 0 Å². The van der Waals surface area contributed by atoms with Crippen molar-refractivity contribution in [2.24, 2.45) is 0 Å². The van der Waals surface area contributed by atoms with E-state index in [2.05, 4.69) is 11.6 Å². The molecule has 0 aliphatic rings. The number of non-ortho nitro benzene ring substituents is 1. The minimum absolute atomic E-state index is 0.0484. The molecular weight excluding hydrogens is 332 g/mol. The maximum atomic E-state index is 12.4. The van der Waals surface area contributed by atoms with Crippen LogP contribution in [-0.2, 0) is 10.0 Å². The Balaban J connectivity index is 2.27. The molecule has 1 atom stereocenters. The summed E-state index contributed by atoms with van der Waals surface area (Å²) in [5, 5.41) is 20.4. The molecule has 7 nitrogen and oxygen atoms in total. The van der Waals surface area contributed by atoms with Crippen LogP contribution in [0.15, 0.2) is 47.4 Å². The quantitative estimate of drug-likeness (QED) is 0.470. The number of nitro benzene ring substituents is 1. The van der Waals surface area contributed by atoms with Crippen molar-refractivity contribution in [3.8, 4) is 5.75 Å². The number of aromatic hydroxyl groups is 1. The highest BCUT2D eigenvalue weighted by Crippen LogP contribution is 2.30. The van der Waals surface area contributed by atoms with Gasteiger partial charge in [-0.25, -0.2) is 8.42 Å². The van der Waals surface area contributed by atoms with Crippen LogP contribution in [0.5, 0.6) is 5.75 Å². The fourth-order valence-corrected chi connectivity index (χ4v) is 3.21. The van der Waals surface area contributed by atoms with E-state index in [1.165, 1.54) is 12.1 Å². The molecule has 0 bridgehead atoms. The van der Waals surface area contributed by atoms with E-state index in [9.17, 15) is 23.6 Å². The molecule has 0 heterocycles. The van der Waals surface area contributed by atoms with Gasteiger partial charge in [-0.3, -0.25) is 14.8 Å². The molecule has 8 heteroatoms. The number of benzene rings is 2. The molecule has 0 aliphatic heterocycles. The van der Waals surface area contributed by atoms with Crippen LogP contribution >= 0.6 is 0 Å². The lowest BCUT2D eigenvalue weighted by molar-refractivity contribution is -0.384. The summed E-state index contributed by atoms with van der Waals surface area (Å²) in [5.74, 6) is -0.183. The summed E-state index contributed by atoms with van der Waals surface area (Å²) < 4.78 is 27.0. The molecule has 0 amide bonds. The second kappa shape index (κ2) is 6.88. The van der Waals surface area contributed by atoms with Crippen molar-refractivity contribution in [2.45, 2.75) is 31.1 Å². The van der Waals surface area contributed by atoms with Gasteiger partial charge in [-0.1, -0.05) is 26.0 Å². The largest absolute Gasteiger partial charge is 0.505 e. The van der Waals surface area contributed by atoms with Gasteiger partial charge < -0.3 is 5.11 Å². The molecule has 2 rings (SSSR count). The Bertz CT molecular complexity index is 847. The zero-order valence-electron chi connectivity index (χ0n) is 13.3. The molecule has 2 N–H and O–H groups in total. The molecular formula is C16H18N2O5S. The van der Waals surface area contributed by atoms with Crippen LogP contribution in [0.1, 0.15) is 31.7 Å². The van der Waals surface area contributed by atoms with E-state index in [4.69, 9.17) is 0 Å². The number of anilines is 1. The van der Waals surface area contributed by atoms with Crippen molar-refractivity contribution in [2.75, 3.05) is 4.72 Å². The molecule has 0 saturated carbocycles. The highest BCUT2D eigenvalue weighted by atomic mass is 32.2. The lowest BCUT2D eigenvalue weighted by Crippen LogP contribution is -2.13. The predicted octanol–water partition coefficient (Wildman–Crippen LogP) is 3.61. The van der Waals surface area contributed by atoms with Crippen LogP contribution < -0.4 is 4.72 Å². The summed E-state index contributed by atoms with van der Waals surface area (Å²) in [7, 11) is -3.90. The molecule has 2 aromatic carbocycles. The van der Waals surface area contributed by atoms with Gasteiger partial charge in [0.25, 0.3) is 15.7 Å². The van der Waals surface area contributed by atoms with Crippen molar-refractivity contribution >= 4 is 21.4 Å². The van der Waals surface area contributed by atoms with Gasteiger partial charge in [0.2, 0.25) is 0 Å². The molecule has 1 unspecified atom stereocenters. The number of nitrogens with zero attached hydrogens (tertiary/aromatic N) is 1. The van der Waals surface area contributed by atoms with E-state index in [-0.39, 0.29) is 16.3 Å². The number of nitrogens with one attached hydrogen (secondary N) is 1. The summed E-state index contributed by atoms with van der Waals surface area (Å²) in [5.41, 5.74) is 0.592. The van der Waals surface area contributed by atoms with E-state index in [0.717, 1.165) is 30.2 Å². The first-order valence-electron chi connectivity index (χ1n) is 7.34. The second-order valence-electron chi connectivity index (χ2n) is 5.44. The maximum Gasteiger partial charge on any atom is 0.273 e. The molecule has 0 saturated heterocycles. The van der Waals surface area contributed by atoms with E-state index in [0.29, 0.717) is 5.92 Å². The highest BCUT2D eigenvalue weighted by molar-refractivity contribution is 7.92.